The summed E-state index contributed by atoms with van der Waals surface area (Å²) >= 11 is 0. The molecule has 0 saturated carbocycles. The van der Waals surface area contributed by atoms with E-state index in [9.17, 15) is 9.59 Å². The number of hydrogen-bond acceptors (Lipinski definition) is 7. The number of carbonyl (C=O) groups excluding carboxylic acids is 2. The maximum atomic E-state index is 17.0. The minimum atomic E-state index is -2.51. The maximum Gasteiger partial charge on any atom is 0.343 e. The third-order valence-electron chi connectivity index (χ3n) is 10.6. The van der Waals surface area contributed by atoms with Crippen molar-refractivity contribution in [1.29, 1.82) is 0 Å². The molecule has 1 spiro atoms. The molecule has 0 N–H and O–H groups in total. The van der Waals surface area contributed by atoms with E-state index in [2.05, 4.69) is 35.0 Å². The molecule has 11 heteroatoms. The van der Waals surface area contributed by atoms with Crippen LogP contribution in [0.5, 0.6) is 5.75 Å². The van der Waals surface area contributed by atoms with Crippen LogP contribution in [0, 0.1) is 17.5 Å². The number of fused-ring (bicyclic) bond motifs is 6. The fourth-order valence-corrected chi connectivity index (χ4v) is 10.9. The number of carbonyl (C=O) groups is 2. The molecule has 0 atom stereocenters. The molecular formula is C39H45F3N2O5Si. The summed E-state index contributed by atoms with van der Waals surface area (Å²) in [5, 5.41) is 1.93. The Bertz CT molecular complexity index is 1800. The first-order chi connectivity index (χ1) is 23.7. The standard InChI is InChI=1S/C39H45F3N2O5Si/c1-38(2,3)48-30(45)12-8-6-7-9-21-47-36-34(41)32-31(33(40)35(36)42)37(46)49-39(32)26-15-13-24(43-17-10-18-43)22-28(26)50(4,5)29-23-25(14-16-27(29)39)44-19-11-20-44/h13-16,22-23H,6-12,17-21H2,1-5H3. The van der Waals surface area contributed by atoms with Crippen molar-refractivity contribution in [2.24, 2.45) is 0 Å². The molecular weight excluding hydrogens is 662 g/mol. The molecule has 50 heavy (non-hydrogen) atoms. The number of anilines is 2. The first kappa shape index (κ1) is 34.5. The fraction of sp³-hybridized carbons (Fsp3) is 0.487. The van der Waals surface area contributed by atoms with Crippen molar-refractivity contribution < 1.29 is 37.0 Å². The molecule has 0 aromatic heterocycles. The van der Waals surface area contributed by atoms with Gasteiger partial charge >= 0.3 is 11.9 Å². The molecule has 4 heterocycles. The molecule has 0 aliphatic carbocycles. The van der Waals surface area contributed by atoms with Crippen LogP contribution in [0.4, 0.5) is 24.5 Å². The predicted molar refractivity (Wildman–Crippen MR) is 189 cm³/mol. The molecule has 2 fully saturated rings. The highest BCUT2D eigenvalue weighted by Gasteiger charge is 2.59. The second-order valence-electron chi connectivity index (χ2n) is 15.5. The highest BCUT2D eigenvalue weighted by atomic mass is 28.3. The predicted octanol–water partition coefficient (Wildman–Crippen LogP) is 6.79. The summed E-state index contributed by atoms with van der Waals surface area (Å²) in [7, 11) is -2.51. The molecule has 7 nitrogen and oxygen atoms in total. The maximum absolute atomic E-state index is 17.0. The zero-order chi connectivity index (χ0) is 35.6. The quantitative estimate of drug-likeness (QED) is 0.0996. The first-order valence-electron chi connectivity index (χ1n) is 17.8. The zero-order valence-corrected chi connectivity index (χ0v) is 30.5. The van der Waals surface area contributed by atoms with Gasteiger partial charge in [-0.25, -0.2) is 13.6 Å². The van der Waals surface area contributed by atoms with E-state index in [1.165, 1.54) is 0 Å². The van der Waals surface area contributed by atoms with E-state index in [1.54, 1.807) is 0 Å². The molecule has 2 saturated heterocycles. The van der Waals surface area contributed by atoms with Gasteiger partial charge in [-0.15, -0.1) is 0 Å². The summed E-state index contributed by atoms with van der Waals surface area (Å²) in [5.74, 6) is -6.40. The van der Waals surface area contributed by atoms with Gasteiger partial charge in [0.1, 0.15) is 19.2 Å². The lowest BCUT2D eigenvalue weighted by atomic mass is 9.78. The monoisotopic (exact) mass is 706 g/mol. The summed E-state index contributed by atoms with van der Waals surface area (Å²) < 4.78 is 65.7. The fourth-order valence-electron chi connectivity index (χ4n) is 7.74. The van der Waals surface area contributed by atoms with Crippen LogP contribution in [-0.4, -0.2) is 58.4 Å². The van der Waals surface area contributed by atoms with Gasteiger partial charge in [-0.05, 0) is 81.1 Å². The third kappa shape index (κ3) is 5.65. The SMILES string of the molecule is CC(C)(C)OC(=O)CCCCCCOc1c(F)c(F)c2c(c1F)C1(OC2=O)c2ccc(N3CCC3)cc2[Si](C)(C)c2cc(N3CCC3)ccc21. The molecule has 7 rings (SSSR count). The Labute approximate surface area is 292 Å². The Hall–Kier alpha value is -3.99. The van der Waals surface area contributed by atoms with E-state index in [0.29, 0.717) is 36.8 Å². The lowest BCUT2D eigenvalue weighted by Crippen LogP contribution is -2.63. The Morgan fingerprint density at radius 2 is 1.40 bits per heavy atom. The van der Waals surface area contributed by atoms with Crippen molar-refractivity contribution in [3.8, 4) is 5.75 Å². The zero-order valence-electron chi connectivity index (χ0n) is 29.5. The number of unbranched alkanes of at least 4 members (excludes halogenated alkanes) is 3. The van der Waals surface area contributed by atoms with Gasteiger partial charge in [0.2, 0.25) is 5.82 Å². The van der Waals surface area contributed by atoms with Crippen LogP contribution in [0.3, 0.4) is 0 Å². The topological polar surface area (TPSA) is 68.3 Å². The van der Waals surface area contributed by atoms with Crippen molar-refractivity contribution in [3.63, 3.8) is 0 Å². The van der Waals surface area contributed by atoms with Crippen molar-refractivity contribution in [3.05, 3.63) is 76.1 Å². The largest absolute Gasteiger partial charge is 0.488 e. The van der Waals surface area contributed by atoms with E-state index < -0.39 is 54.0 Å². The summed E-state index contributed by atoms with van der Waals surface area (Å²) in [6.07, 6.45) is 4.81. The molecule has 0 radical (unpaired) electrons. The number of benzene rings is 3. The highest BCUT2D eigenvalue weighted by Crippen LogP contribution is 2.53. The van der Waals surface area contributed by atoms with Gasteiger partial charge in [-0.3, -0.25) is 4.79 Å². The second-order valence-corrected chi connectivity index (χ2v) is 19.8. The number of rotatable bonds is 10. The van der Waals surface area contributed by atoms with Gasteiger partial charge in [-0.1, -0.05) is 38.1 Å². The van der Waals surface area contributed by atoms with E-state index >= 15 is 13.2 Å². The smallest absolute Gasteiger partial charge is 0.343 e. The molecule has 3 aromatic carbocycles. The Morgan fingerprint density at radius 1 is 0.840 bits per heavy atom. The Morgan fingerprint density at radius 3 is 1.92 bits per heavy atom. The average Bonchev–Trinajstić information content (AvgIpc) is 3.31. The minimum absolute atomic E-state index is 0.0776. The van der Waals surface area contributed by atoms with E-state index in [4.69, 9.17) is 14.2 Å². The Kier molecular flexibility index (Phi) is 8.72. The van der Waals surface area contributed by atoms with Crippen LogP contribution < -0.4 is 24.9 Å². The third-order valence-corrected chi connectivity index (χ3v) is 14.1. The lowest BCUT2D eigenvalue weighted by molar-refractivity contribution is -0.154. The number of ether oxygens (including phenoxy) is 3. The van der Waals surface area contributed by atoms with Crippen LogP contribution in [-0.2, 0) is 19.9 Å². The highest BCUT2D eigenvalue weighted by molar-refractivity contribution is 7.01. The van der Waals surface area contributed by atoms with Gasteiger partial charge < -0.3 is 24.0 Å². The summed E-state index contributed by atoms with van der Waals surface area (Å²) in [5.41, 5.74) is -0.199. The molecule has 0 bridgehead atoms. The molecule has 0 unspecified atom stereocenters. The number of halogens is 3. The first-order valence-corrected chi connectivity index (χ1v) is 20.8. The Balaban J connectivity index is 1.25. The van der Waals surface area contributed by atoms with Crippen molar-refractivity contribution in [2.45, 2.75) is 90.0 Å². The lowest BCUT2D eigenvalue weighted by Gasteiger charge is -2.45. The van der Waals surface area contributed by atoms with E-state index in [1.807, 2.05) is 45.0 Å². The van der Waals surface area contributed by atoms with Crippen LogP contribution >= 0.6 is 0 Å². The van der Waals surface area contributed by atoms with Crippen LogP contribution in [0.2, 0.25) is 13.1 Å². The van der Waals surface area contributed by atoms with Gasteiger partial charge in [-0.2, -0.15) is 4.39 Å². The second kappa shape index (κ2) is 12.7. The van der Waals surface area contributed by atoms with Gasteiger partial charge in [0.15, 0.2) is 23.0 Å². The molecule has 4 aliphatic heterocycles. The number of nitrogens with zero attached hydrogens (tertiary/aromatic N) is 2. The van der Waals surface area contributed by atoms with Crippen molar-refractivity contribution in [1.82, 2.24) is 0 Å². The molecule has 3 aromatic rings. The minimum Gasteiger partial charge on any atom is -0.488 e. The van der Waals surface area contributed by atoms with Gasteiger partial charge in [0.25, 0.3) is 0 Å². The summed E-state index contributed by atoms with van der Waals surface area (Å²) in [6, 6.07) is 11.9. The van der Waals surface area contributed by atoms with Crippen molar-refractivity contribution in [2.75, 3.05) is 42.6 Å². The van der Waals surface area contributed by atoms with Crippen LogP contribution in [0.15, 0.2) is 36.4 Å². The molecule has 266 valence electrons. The van der Waals surface area contributed by atoms with E-state index in [0.717, 1.165) is 60.8 Å². The number of hydrogen-bond donors (Lipinski definition) is 0. The molecule has 0 amide bonds. The van der Waals surface area contributed by atoms with Gasteiger partial charge in [0, 0.05) is 55.1 Å². The summed E-state index contributed by atoms with van der Waals surface area (Å²) in [4.78, 5) is 30.2. The van der Waals surface area contributed by atoms with Crippen molar-refractivity contribution >= 4 is 41.8 Å². The van der Waals surface area contributed by atoms with Gasteiger partial charge in [0.05, 0.1) is 12.2 Å². The number of esters is 2. The van der Waals surface area contributed by atoms with E-state index in [-0.39, 0.29) is 24.6 Å². The summed E-state index contributed by atoms with van der Waals surface area (Å²) in [6.45, 7) is 13.6. The molecule has 4 aliphatic rings. The normalized spacial score (nSPS) is 18.1. The van der Waals surface area contributed by atoms with Crippen LogP contribution in [0.25, 0.3) is 0 Å². The average molecular weight is 707 g/mol. The van der Waals surface area contributed by atoms with Crippen LogP contribution in [0.1, 0.15) is 92.8 Å².